The molecule has 0 aliphatic carbocycles. The van der Waals surface area contributed by atoms with Crippen LogP contribution in [0.15, 0.2) is 41.2 Å². The molecule has 6 nitrogen and oxygen atoms in total. The summed E-state index contributed by atoms with van der Waals surface area (Å²) in [5.74, 6) is 0.666. The van der Waals surface area contributed by atoms with Crippen LogP contribution in [0.5, 0.6) is 0 Å². The van der Waals surface area contributed by atoms with Gasteiger partial charge >= 0.3 is 0 Å². The average molecular weight is 423 g/mol. The smallest absolute Gasteiger partial charge is 0.264 e. The van der Waals surface area contributed by atoms with Crippen LogP contribution < -0.4 is 5.56 Å². The van der Waals surface area contributed by atoms with Crippen molar-refractivity contribution >= 4 is 33.5 Å². The van der Waals surface area contributed by atoms with Crippen LogP contribution in [0.3, 0.4) is 0 Å². The number of rotatable bonds is 4. The molecule has 1 aliphatic rings. The Morgan fingerprint density at radius 1 is 1.13 bits per heavy atom. The predicted molar refractivity (Wildman–Crippen MR) is 122 cm³/mol. The number of carbonyl (C=O) groups is 1. The summed E-state index contributed by atoms with van der Waals surface area (Å²) in [4.78, 5) is 35.8. The van der Waals surface area contributed by atoms with E-state index in [0.717, 1.165) is 25.2 Å². The highest BCUT2D eigenvalue weighted by Crippen LogP contribution is 2.28. The summed E-state index contributed by atoms with van der Waals surface area (Å²) in [6, 6.07) is 10.3. The first-order valence-corrected chi connectivity index (χ1v) is 11.0. The fraction of sp³-hybridized carbons (Fsp3) is 0.348. The molecule has 0 radical (unpaired) electrons. The van der Waals surface area contributed by atoms with Gasteiger partial charge in [0.15, 0.2) is 0 Å². The molecule has 0 spiro atoms. The molecule has 1 fully saturated rings. The van der Waals surface area contributed by atoms with E-state index < -0.39 is 0 Å². The van der Waals surface area contributed by atoms with Gasteiger partial charge in [-0.2, -0.15) is 0 Å². The number of benzene rings is 1. The Balaban J connectivity index is 1.42. The quantitative estimate of drug-likeness (QED) is 0.648. The maximum atomic E-state index is 13.1. The highest BCUT2D eigenvalue weighted by atomic mass is 32.1. The molecule has 1 aliphatic heterocycles. The number of amides is 1. The minimum Gasteiger partial charge on any atom is -0.335 e. The fourth-order valence-electron chi connectivity index (χ4n) is 3.75. The fourth-order valence-corrected chi connectivity index (χ4v) is 4.93. The monoisotopic (exact) mass is 422 g/mol. The van der Waals surface area contributed by atoms with Gasteiger partial charge in [0.25, 0.3) is 11.5 Å². The molecular weight excluding hydrogens is 396 g/mol. The van der Waals surface area contributed by atoms with Gasteiger partial charge in [-0.1, -0.05) is 42.5 Å². The van der Waals surface area contributed by atoms with E-state index in [2.05, 4.69) is 34.2 Å². The van der Waals surface area contributed by atoms with Crippen LogP contribution in [0.4, 0.5) is 0 Å². The van der Waals surface area contributed by atoms with Crippen molar-refractivity contribution < 1.29 is 4.79 Å². The van der Waals surface area contributed by atoms with Crippen LogP contribution in [0.2, 0.25) is 0 Å². The molecule has 7 heteroatoms. The van der Waals surface area contributed by atoms with Crippen molar-refractivity contribution in [2.45, 2.75) is 13.8 Å². The average Bonchev–Trinajstić information content (AvgIpc) is 3.09. The first kappa shape index (κ1) is 20.5. The molecule has 3 aromatic rings. The van der Waals surface area contributed by atoms with Gasteiger partial charge in [-0.05, 0) is 25.0 Å². The van der Waals surface area contributed by atoms with Crippen molar-refractivity contribution in [3.05, 3.63) is 68.6 Å². The molecule has 1 saturated heterocycles. The number of aryl methyl sites for hydroxylation is 2. The highest BCUT2D eigenvalue weighted by molar-refractivity contribution is 7.20. The van der Waals surface area contributed by atoms with Gasteiger partial charge in [0.05, 0.1) is 10.3 Å². The summed E-state index contributed by atoms with van der Waals surface area (Å²) < 4.78 is 1.54. The normalized spacial score (nSPS) is 15.4. The number of aromatic nitrogens is 2. The van der Waals surface area contributed by atoms with E-state index in [9.17, 15) is 9.59 Å². The lowest BCUT2D eigenvalue weighted by Gasteiger charge is -2.34. The number of hydrogen-bond acceptors (Lipinski definition) is 5. The van der Waals surface area contributed by atoms with E-state index in [4.69, 9.17) is 0 Å². The van der Waals surface area contributed by atoms with Crippen LogP contribution in [0.1, 0.15) is 26.6 Å². The second-order valence-electron chi connectivity index (χ2n) is 7.67. The van der Waals surface area contributed by atoms with Gasteiger partial charge in [0.1, 0.15) is 10.7 Å². The second-order valence-corrected chi connectivity index (χ2v) is 8.66. The molecule has 3 heterocycles. The first-order chi connectivity index (χ1) is 14.5. The topological polar surface area (TPSA) is 58.4 Å². The first-order valence-electron chi connectivity index (χ1n) is 10.2. The maximum Gasteiger partial charge on any atom is 0.264 e. The van der Waals surface area contributed by atoms with Gasteiger partial charge in [-0.3, -0.25) is 19.1 Å². The Morgan fingerprint density at radius 2 is 1.83 bits per heavy atom. The largest absolute Gasteiger partial charge is 0.335 e. The number of carbonyl (C=O) groups excluding carboxylic acids is 1. The maximum absolute atomic E-state index is 13.1. The van der Waals surface area contributed by atoms with Crippen molar-refractivity contribution in [2.75, 3.05) is 32.7 Å². The number of piperazine rings is 1. The Bertz CT molecular complexity index is 1160. The summed E-state index contributed by atoms with van der Waals surface area (Å²) in [6.07, 6.45) is 4.31. The minimum atomic E-state index is -0.0830. The van der Waals surface area contributed by atoms with Crippen LogP contribution >= 0.6 is 11.3 Å². The van der Waals surface area contributed by atoms with Gasteiger partial charge in [0.2, 0.25) is 0 Å². The molecule has 1 amide bonds. The molecule has 0 saturated carbocycles. The van der Waals surface area contributed by atoms with Crippen LogP contribution in [0.25, 0.3) is 16.3 Å². The molecule has 156 valence electrons. The summed E-state index contributed by atoms with van der Waals surface area (Å²) in [5, 5.41) is 0.570. The third-order valence-electron chi connectivity index (χ3n) is 5.72. The van der Waals surface area contributed by atoms with Crippen LogP contribution in [-0.4, -0.2) is 58.0 Å². The molecule has 0 unspecified atom stereocenters. The lowest BCUT2D eigenvalue weighted by atomic mass is 10.2. The van der Waals surface area contributed by atoms with E-state index in [1.54, 1.807) is 7.05 Å². The van der Waals surface area contributed by atoms with Crippen molar-refractivity contribution in [1.29, 1.82) is 0 Å². The second kappa shape index (κ2) is 8.53. The van der Waals surface area contributed by atoms with Crippen LogP contribution in [-0.2, 0) is 7.05 Å². The van der Waals surface area contributed by atoms with Gasteiger partial charge in [0, 0.05) is 39.8 Å². The Hall–Kier alpha value is -2.77. The van der Waals surface area contributed by atoms with Crippen molar-refractivity contribution in [2.24, 2.45) is 7.05 Å². The van der Waals surface area contributed by atoms with E-state index in [1.807, 2.05) is 36.9 Å². The van der Waals surface area contributed by atoms with Crippen molar-refractivity contribution in [3.63, 3.8) is 0 Å². The molecule has 0 N–H and O–H groups in total. The molecule has 1 aromatic carbocycles. The van der Waals surface area contributed by atoms with Gasteiger partial charge in [-0.15, -0.1) is 11.3 Å². The molecule has 0 atom stereocenters. The summed E-state index contributed by atoms with van der Waals surface area (Å²) in [5.41, 5.74) is 1.86. The molecular formula is C23H26N4O2S. The van der Waals surface area contributed by atoms with Crippen LogP contribution in [0, 0.1) is 13.8 Å². The molecule has 0 bridgehead atoms. The van der Waals surface area contributed by atoms with Crippen molar-refractivity contribution in [3.8, 4) is 0 Å². The standard InChI is InChI=1S/C23H26N4O2S/c1-16-19-21(24-17(2)25(3)22(19)28)30-20(16)23(29)27-14-12-26(13-15-27)11-7-10-18-8-5-4-6-9-18/h4-10H,11-15H2,1-3H3/b10-7+. The highest BCUT2D eigenvalue weighted by Gasteiger charge is 2.26. The number of thiophene rings is 1. The minimum absolute atomic E-state index is 0.00897. The Labute approximate surface area is 180 Å². The SMILES string of the molecule is Cc1c(C(=O)N2CCN(C/C=C/c3ccccc3)CC2)sc2nc(C)n(C)c(=O)c12. The van der Waals surface area contributed by atoms with Gasteiger partial charge in [-0.25, -0.2) is 4.98 Å². The third-order valence-corrected chi connectivity index (χ3v) is 6.90. The summed E-state index contributed by atoms with van der Waals surface area (Å²) >= 11 is 1.33. The van der Waals surface area contributed by atoms with E-state index >= 15 is 0 Å². The molecule has 4 rings (SSSR count). The van der Waals surface area contributed by atoms with E-state index in [1.165, 1.54) is 21.5 Å². The third kappa shape index (κ3) is 3.95. The van der Waals surface area contributed by atoms with E-state index in [0.29, 0.717) is 34.0 Å². The summed E-state index contributed by atoms with van der Waals surface area (Å²) in [7, 11) is 1.72. The summed E-state index contributed by atoms with van der Waals surface area (Å²) in [6.45, 7) is 7.60. The van der Waals surface area contributed by atoms with Crippen molar-refractivity contribution in [1.82, 2.24) is 19.4 Å². The lowest BCUT2D eigenvalue weighted by Crippen LogP contribution is -2.48. The molecule has 30 heavy (non-hydrogen) atoms. The lowest BCUT2D eigenvalue weighted by molar-refractivity contribution is 0.0654. The molecule has 2 aromatic heterocycles. The van der Waals surface area contributed by atoms with Gasteiger partial charge < -0.3 is 4.90 Å². The number of nitrogens with zero attached hydrogens (tertiary/aromatic N) is 4. The number of fused-ring (bicyclic) bond motifs is 1. The predicted octanol–water partition coefficient (Wildman–Crippen LogP) is 3.08. The Kier molecular flexibility index (Phi) is 5.83. The zero-order valence-electron chi connectivity index (χ0n) is 17.6. The van der Waals surface area contributed by atoms with E-state index in [-0.39, 0.29) is 11.5 Å². The Morgan fingerprint density at radius 3 is 2.53 bits per heavy atom. The zero-order valence-corrected chi connectivity index (χ0v) is 18.4. The number of hydrogen-bond donors (Lipinski definition) is 0. The zero-order chi connectivity index (χ0) is 21.3.